The standard InChI is InChI=1S/C14H12N6O/c1-10-3-4-11(7-17-10)13(21)19-12-8-18-20(9-12)14-15-5-2-6-16-14/h2-9H,1H3,(H,19,21). The smallest absolute Gasteiger partial charge is 0.257 e. The largest absolute Gasteiger partial charge is 0.319 e. The lowest BCUT2D eigenvalue weighted by atomic mass is 10.2. The van der Waals surface area contributed by atoms with Gasteiger partial charge in [-0.3, -0.25) is 9.78 Å². The Kier molecular flexibility index (Phi) is 3.38. The molecule has 0 atom stereocenters. The number of hydrogen-bond donors (Lipinski definition) is 1. The van der Waals surface area contributed by atoms with E-state index < -0.39 is 0 Å². The third kappa shape index (κ3) is 2.92. The Labute approximate surface area is 120 Å². The highest BCUT2D eigenvalue weighted by Crippen LogP contribution is 2.10. The van der Waals surface area contributed by atoms with E-state index in [2.05, 4.69) is 25.4 Å². The molecular weight excluding hydrogens is 268 g/mol. The second kappa shape index (κ2) is 5.49. The minimum atomic E-state index is -0.240. The van der Waals surface area contributed by atoms with Crippen LogP contribution in [-0.2, 0) is 0 Å². The van der Waals surface area contributed by atoms with Crippen LogP contribution in [0.15, 0.2) is 49.2 Å². The first-order valence-electron chi connectivity index (χ1n) is 6.28. The van der Waals surface area contributed by atoms with Gasteiger partial charge in [-0.15, -0.1) is 0 Å². The topological polar surface area (TPSA) is 85.6 Å². The minimum Gasteiger partial charge on any atom is -0.319 e. The van der Waals surface area contributed by atoms with Crippen LogP contribution in [0.5, 0.6) is 0 Å². The average Bonchev–Trinajstić information content (AvgIpc) is 2.97. The first kappa shape index (κ1) is 12.9. The summed E-state index contributed by atoms with van der Waals surface area (Å²) in [6.07, 6.45) is 7.97. The van der Waals surface area contributed by atoms with Crippen LogP contribution in [0.25, 0.3) is 5.95 Å². The van der Waals surface area contributed by atoms with Crippen molar-refractivity contribution in [3.63, 3.8) is 0 Å². The molecular formula is C14H12N6O. The van der Waals surface area contributed by atoms with E-state index in [0.717, 1.165) is 5.69 Å². The molecule has 1 N–H and O–H groups in total. The summed E-state index contributed by atoms with van der Waals surface area (Å²) in [4.78, 5) is 24.3. The van der Waals surface area contributed by atoms with Crippen molar-refractivity contribution in [2.24, 2.45) is 0 Å². The molecule has 0 aliphatic rings. The van der Waals surface area contributed by atoms with Crippen LogP contribution in [0.1, 0.15) is 16.1 Å². The zero-order chi connectivity index (χ0) is 14.7. The Morgan fingerprint density at radius 1 is 1.14 bits per heavy atom. The summed E-state index contributed by atoms with van der Waals surface area (Å²) in [7, 11) is 0. The van der Waals surface area contributed by atoms with Gasteiger partial charge in [0.1, 0.15) is 0 Å². The molecule has 0 aromatic carbocycles. The summed E-state index contributed by atoms with van der Waals surface area (Å²) in [5.74, 6) is 0.200. The Morgan fingerprint density at radius 2 is 1.95 bits per heavy atom. The van der Waals surface area contributed by atoms with Gasteiger partial charge in [-0.2, -0.15) is 5.10 Å². The molecule has 0 spiro atoms. The molecule has 0 saturated carbocycles. The van der Waals surface area contributed by atoms with E-state index >= 15 is 0 Å². The minimum absolute atomic E-state index is 0.240. The second-order valence-corrected chi connectivity index (χ2v) is 4.36. The maximum Gasteiger partial charge on any atom is 0.257 e. The first-order chi connectivity index (χ1) is 10.2. The number of pyridine rings is 1. The monoisotopic (exact) mass is 280 g/mol. The van der Waals surface area contributed by atoms with Crippen molar-refractivity contribution in [3.05, 3.63) is 60.4 Å². The Bertz CT molecular complexity index is 751. The number of nitrogens with one attached hydrogen (secondary N) is 1. The van der Waals surface area contributed by atoms with Crippen LogP contribution < -0.4 is 5.32 Å². The lowest BCUT2D eigenvalue weighted by Crippen LogP contribution is -2.11. The Balaban J connectivity index is 1.75. The van der Waals surface area contributed by atoms with Crippen molar-refractivity contribution < 1.29 is 4.79 Å². The van der Waals surface area contributed by atoms with Gasteiger partial charge in [-0.1, -0.05) is 0 Å². The lowest BCUT2D eigenvalue weighted by molar-refractivity contribution is 0.102. The first-order valence-corrected chi connectivity index (χ1v) is 6.28. The highest BCUT2D eigenvalue weighted by atomic mass is 16.1. The van der Waals surface area contributed by atoms with Crippen molar-refractivity contribution in [2.45, 2.75) is 6.92 Å². The molecule has 3 aromatic rings. The number of rotatable bonds is 3. The Morgan fingerprint density at radius 3 is 2.67 bits per heavy atom. The molecule has 0 aliphatic carbocycles. The van der Waals surface area contributed by atoms with Crippen molar-refractivity contribution in [3.8, 4) is 5.95 Å². The third-order valence-corrected chi connectivity index (χ3v) is 2.77. The lowest BCUT2D eigenvalue weighted by Gasteiger charge is -2.02. The molecule has 0 unspecified atom stereocenters. The fourth-order valence-corrected chi connectivity index (χ4v) is 1.71. The molecule has 3 aromatic heterocycles. The van der Waals surface area contributed by atoms with Crippen LogP contribution in [-0.4, -0.2) is 30.6 Å². The number of hydrogen-bond acceptors (Lipinski definition) is 5. The summed E-state index contributed by atoms with van der Waals surface area (Å²) in [6, 6.07) is 5.23. The summed E-state index contributed by atoms with van der Waals surface area (Å²) < 4.78 is 1.49. The summed E-state index contributed by atoms with van der Waals surface area (Å²) in [6.45, 7) is 1.87. The van der Waals surface area contributed by atoms with Crippen LogP contribution in [0.4, 0.5) is 5.69 Å². The molecule has 0 radical (unpaired) electrons. The molecule has 1 amide bonds. The molecule has 7 heteroatoms. The number of aromatic nitrogens is 5. The van der Waals surface area contributed by atoms with Gasteiger partial charge in [0.15, 0.2) is 0 Å². The number of carbonyl (C=O) groups is 1. The van der Waals surface area contributed by atoms with Gasteiger partial charge in [0.25, 0.3) is 5.91 Å². The zero-order valence-electron chi connectivity index (χ0n) is 11.3. The fraction of sp³-hybridized carbons (Fsp3) is 0.0714. The molecule has 0 saturated heterocycles. The number of nitrogens with zero attached hydrogens (tertiary/aromatic N) is 5. The third-order valence-electron chi connectivity index (χ3n) is 2.77. The van der Waals surface area contributed by atoms with Gasteiger partial charge in [0.2, 0.25) is 5.95 Å². The quantitative estimate of drug-likeness (QED) is 0.788. The fourth-order valence-electron chi connectivity index (χ4n) is 1.71. The van der Waals surface area contributed by atoms with Crippen LogP contribution in [0.2, 0.25) is 0 Å². The van der Waals surface area contributed by atoms with Crippen LogP contribution in [0.3, 0.4) is 0 Å². The maximum atomic E-state index is 12.1. The van der Waals surface area contributed by atoms with Crippen molar-refractivity contribution in [1.82, 2.24) is 24.7 Å². The van der Waals surface area contributed by atoms with Crippen LogP contribution >= 0.6 is 0 Å². The van der Waals surface area contributed by atoms with Crippen molar-refractivity contribution in [2.75, 3.05) is 5.32 Å². The highest BCUT2D eigenvalue weighted by molar-refractivity contribution is 6.03. The Hall–Kier alpha value is -3.09. The van der Waals surface area contributed by atoms with Gasteiger partial charge in [-0.25, -0.2) is 14.6 Å². The van der Waals surface area contributed by atoms with Gasteiger partial charge < -0.3 is 5.32 Å². The van der Waals surface area contributed by atoms with E-state index in [0.29, 0.717) is 17.2 Å². The maximum absolute atomic E-state index is 12.1. The van der Waals surface area contributed by atoms with E-state index in [1.54, 1.807) is 36.8 Å². The summed E-state index contributed by atoms with van der Waals surface area (Å²) in [5.41, 5.74) is 1.91. The second-order valence-electron chi connectivity index (χ2n) is 4.36. The number of aryl methyl sites for hydroxylation is 1. The van der Waals surface area contributed by atoms with E-state index in [1.165, 1.54) is 17.1 Å². The van der Waals surface area contributed by atoms with Gasteiger partial charge >= 0.3 is 0 Å². The van der Waals surface area contributed by atoms with Gasteiger partial charge in [-0.05, 0) is 25.1 Å². The van der Waals surface area contributed by atoms with Crippen molar-refractivity contribution in [1.29, 1.82) is 0 Å². The normalized spacial score (nSPS) is 10.3. The molecule has 3 rings (SSSR count). The number of carbonyl (C=O) groups excluding carboxylic acids is 1. The number of amides is 1. The molecule has 104 valence electrons. The molecule has 0 fully saturated rings. The summed E-state index contributed by atoms with van der Waals surface area (Å²) >= 11 is 0. The van der Waals surface area contributed by atoms with E-state index in [9.17, 15) is 4.79 Å². The SMILES string of the molecule is Cc1ccc(C(=O)Nc2cnn(-c3ncccn3)c2)cn1. The predicted molar refractivity (Wildman–Crippen MR) is 76.1 cm³/mol. The molecule has 21 heavy (non-hydrogen) atoms. The van der Waals surface area contributed by atoms with Gasteiger partial charge in [0.05, 0.1) is 23.6 Å². The zero-order valence-corrected chi connectivity index (χ0v) is 11.3. The van der Waals surface area contributed by atoms with Crippen molar-refractivity contribution >= 4 is 11.6 Å². The highest BCUT2D eigenvalue weighted by Gasteiger charge is 2.09. The average molecular weight is 280 g/mol. The summed E-state index contributed by atoms with van der Waals surface area (Å²) in [5, 5.41) is 6.86. The van der Waals surface area contributed by atoms with E-state index in [-0.39, 0.29) is 5.91 Å². The molecule has 0 aliphatic heterocycles. The van der Waals surface area contributed by atoms with Gasteiger partial charge in [0, 0.05) is 24.3 Å². The van der Waals surface area contributed by atoms with E-state index in [1.807, 2.05) is 6.92 Å². The predicted octanol–water partition coefficient (Wildman–Crippen LogP) is 1.62. The molecule has 7 nitrogen and oxygen atoms in total. The van der Waals surface area contributed by atoms with Crippen LogP contribution in [0, 0.1) is 6.92 Å². The van der Waals surface area contributed by atoms with E-state index in [4.69, 9.17) is 0 Å². The molecule has 0 bridgehead atoms. The number of anilines is 1. The molecule has 3 heterocycles.